The van der Waals surface area contributed by atoms with E-state index in [2.05, 4.69) is 4.98 Å². The molecule has 0 radical (unpaired) electrons. The Kier molecular flexibility index (Phi) is 4.32. The first-order valence-electron chi connectivity index (χ1n) is 6.96. The summed E-state index contributed by atoms with van der Waals surface area (Å²) < 4.78 is 12.0. The van der Waals surface area contributed by atoms with Crippen LogP contribution >= 0.6 is 0 Å². The Bertz CT molecular complexity index is 554. The number of hydrogen-bond donors (Lipinski definition) is 1. The first-order chi connectivity index (χ1) is 9.79. The van der Waals surface area contributed by atoms with Crippen molar-refractivity contribution in [3.8, 4) is 0 Å². The Morgan fingerprint density at radius 1 is 1.33 bits per heavy atom. The molecule has 0 saturated carbocycles. The quantitative estimate of drug-likeness (QED) is 0.676. The molecule has 0 aliphatic carbocycles. The summed E-state index contributed by atoms with van der Waals surface area (Å²) in [5.74, 6) is 0. The topological polar surface area (TPSA) is 74.4 Å². The number of aromatic nitrogens is 1. The number of nitrogens with zero attached hydrogens (tertiary/aromatic N) is 1. The summed E-state index contributed by atoms with van der Waals surface area (Å²) in [5, 5.41) is 0. The summed E-state index contributed by atoms with van der Waals surface area (Å²) in [7, 11) is -0.498. The van der Waals surface area contributed by atoms with Crippen LogP contribution < -0.4 is 5.73 Å². The molecule has 0 unspecified atom stereocenters. The van der Waals surface area contributed by atoms with Crippen molar-refractivity contribution in [3.05, 3.63) is 35.1 Å². The molecule has 1 aliphatic heterocycles. The Morgan fingerprint density at radius 2 is 1.95 bits per heavy atom. The van der Waals surface area contributed by atoms with E-state index in [0.717, 1.165) is 11.8 Å². The zero-order valence-corrected chi connectivity index (χ0v) is 12.9. The van der Waals surface area contributed by atoms with Crippen molar-refractivity contribution in [2.24, 2.45) is 5.73 Å². The van der Waals surface area contributed by atoms with E-state index in [0.29, 0.717) is 17.8 Å². The third-order valence-corrected chi connectivity index (χ3v) is 4.07. The zero-order valence-electron chi connectivity index (χ0n) is 12.9. The molecule has 112 valence electrons. The van der Waals surface area contributed by atoms with Crippen LogP contribution in [0.25, 0.3) is 6.08 Å². The first-order valence-corrected chi connectivity index (χ1v) is 6.96. The molecule has 0 bridgehead atoms. The van der Waals surface area contributed by atoms with E-state index < -0.39 is 18.3 Å². The van der Waals surface area contributed by atoms with Gasteiger partial charge in [0.25, 0.3) is 0 Å². The van der Waals surface area contributed by atoms with Gasteiger partial charge < -0.3 is 15.0 Å². The summed E-state index contributed by atoms with van der Waals surface area (Å²) >= 11 is 0. The third-order valence-electron chi connectivity index (χ3n) is 4.07. The number of carbonyl (C=O) groups excluding carboxylic acids is 1. The van der Waals surface area contributed by atoms with E-state index in [1.54, 1.807) is 18.3 Å². The van der Waals surface area contributed by atoms with E-state index in [9.17, 15) is 4.79 Å². The molecule has 1 aliphatic rings. The summed E-state index contributed by atoms with van der Waals surface area (Å²) in [6.45, 7) is 8.27. The van der Waals surface area contributed by atoms with Crippen LogP contribution in [-0.4, -0.2) is 36.1 Å². The lowest BCUT2D eigenvalue weighted by Crippen LogP contribution is -2.41. The molecule has 0 spiro atoms. The molecule has 0 aromatic carbocycles. The van der Waals surface area contributed by atoms with Gasteiger partial charge in [-0.1, -0.05) is 0 Å². The number of carbonyl (C=O) groups is 1. The minimum atomic E-state index is -0.498. The van der Waals surface area contributed by atoms with E-state index in [1.807, 2.05) is 33.8 Å². The van der Waals surface area contributed by atoms with E-state index in [1.165, 1.54) is 0 Å². The lowest BCUT2D eigenvalue weighted by atomic mass is 9.77. The van der Waals surface area contributed by atoms with Gasteiger partial charge in [0.05, 0.1) is 16.9 Å². The largest absolute Gasteiger partial charge is 0.491 e. The first kappa shape index (κ1) is 15.9. The smallest absolute Gasteiger partial charge is 0.400 e. The van der Waals surface area contributed by atoms with Gasteiger partial charge in [-0.05, 0) is 51.4 Å². The zero-order chi connectivity index (χ0) is 15.7. The van der Waals surface area contributed by atoms with E-state index in [4.69, 9.17) is 15.0 Å². The lowest BCUT2D eigenvalue weighted by molar-refractivity contribution is 0.00578. The molecule has 0 atom stereocenters. The van der Waals surface area contributed by atoms with Crippen LogP contribution in [-0.2, 0) is 9.31 Å². The predicted octanol–water partition coefficient (Wildman–Crippen LogP) is 1.87. The summed E-state index contributed by atoms with van der Waals surface area (Å²) in [4.78, 5) is 15.0. The van der Waals surface area contributed by atoms with Gasteiger partial charge in [-0.2, -0.15) is 0 Å². The van der Waals surface area contributed by atoms with Gasteiger partial charge in [-0.3, -0.25) is 9.78 Å². The van der Waals surface area contributed by atoms with Gasteiger partial charge in [0.1, 0.15) is 6.29 Å². The SMILES string of the molecule is CC1(C)OB(C(=Cc2cc(C=O)ccn2)CN)OC1(C)C. The second-order valence-electron chi connectivity index (χ2n) is 6.14. The van der Waals surface area contributed by atoms with Crippen molar-refractivity contribution in [1.29, 1.82) is 0 Å². The minimum absolute atomic E-state index is 0.295. The number of aldehydes is 1. The molecular weight excluding hydrogens is 267 g/mol. The van der Waals surface area contributed by atoms with Gasteiger partial charge in [-0.25, -0.2) is 0 Å². The fraction of sp³-hybridized carbons (Fsp3) is 0.467. The molecule has 1 saturated heterocycles. The maximum absolute atomic E-state index is 10.8. The Morgan fingerprint density at radius 3 is 2.48 bits per heavy atom. The van der Waals surface area contributed by atoms with Gasteiger partial charge in [-0.15, -0.1) is 0 Å². The molecule has 0 amide bonds. The van der Waals surface area contributed by atoms with Crippen molar-refractivity contribution in [2.75, 3.05) is 6.54 Å². The number of nitrogens with two attached hydrogens (primary N) is 1. The van der Waals surface area contributed by atoms with Crippen LogP contribution in [0.5, 0.6) is 0 Å². The maximum atomic E-state index is 10.8. The molecule has 2 heterocycles. The van der Waals surface area contributed by atoms with Crippen molar-refractivity contribution < 1.29 is 14.1 Å². The number of pyridine rings is 1. The highest BCUT2D eigenvalue weighted by Crippen LogP contribution is 2.38. The second kappa shape index (κ2) is 5.71. The Balaban J connectivity index is 2.28. The van der Waals surface area contributed by atoms with Crippen LogP contribution in [0.2, 0.25) is 0 Å². The van der Waals surface area contributed by atoms with Gasteiger partial charge in [0.2, 0.25) is 0 Å². The molecule has 6 heteroatoms. The lowest BCUT2D eigenvalue weighted by Gasteiger charge is -2.32. The molecule has 5 nitrogen and oxygen atoms in total. The van der Waals surface area contributed by atoms with Crippen LogP contribution in [0.3, 0.4) is 0 Å². The van der Waals surface area contributed by atoms with Crippen molar-refractivity contribution in [2.45, 2.75) is 38.9 Å². The van der Waals surface area contributed by atoms with E-state index >= 15 is 0 Å². The van der Waals surface area contributed by atoms with Crippen molar-refractivity contribution in [1.82, 2.24) is 4.98 Å². The molecule has 21 heavy (non-hydrogen) atoms. The van der Waals surface area contributed by atoms with Crippen molar-refractivity contribution >= 4 is 19.5 Å². The van der Waals surface area contributed by atoms with Crippen LogP contribution in [0.15, 0.2) is 23.8 Å². The highest BCUT2D eigenvalue weighted by atomic mass is 16.7. The van der Waals surface area contributed by atoms with Gasteiger partial charge >= 0.3 is 7.12 Å². The summed E-state index contributed by atoms with van der Waals surface area (Å²) in [5.41, 5.74) is 7.03. The Labute approximate surface area is 125 Å². The average molecular weight is 288 g/mol. The van der Waals surface area contributed by atoms with Gasteiger partial charge in [0.15, 0.2) is 0 Å². The fourth-order valence-electron chi connectivity index (χ4n) is 2.03. The van der Waals surface area contributed by atoms with E-state index in [-0.39, 0.29) is 0 Å². The molecule has 2 N–H and O–H groups in total. The predicted molar refractivity (Wildman–Crippen MR) is 82.7 cm³/mol. The molecule has 2 rings (SSSR count). The van der Waals surface area contributed by atoms with Crippen molar-refractivity contribution in [3.63, 3.8) is 0 Å². The monoisotopic (exact) mass is 288 g/mol. The average Bonchev–Trinajstić information content (AvgIpc) is 2.65. The summed E-state index contributed by atoms with van der Waals surface area (Å²) in [6.07, 6.45) is 4.19. The highest BCUT2D eigenvalue weighted by molar-refractivity contribution is 6.55. The number of hydrogen-bond acceptors (Lipinski definition) is 5. The maximum Gasteiger partial charge on any atom is 0.491 e. The molecule has 1 aromatic rings. The van der Waals surface area contributed by atoms with Crippen LogP contribution in [0.1, 0.15) is 43.7 Å². The van der Waals surface area contributed by atoms with Crippen LogP contribution in [0.4, 0.5) is 0 Å². The molecular formula is C15H21BN2O3. The van der Waals surface area contributed by atoms with Gasteiger partial charge in [0, 0.05) is 18.3 Å². The standard InChI is InChI=1S/C15H21BN2O3/c1-14(2)15(3,4)21-16(20-14)12(9-17)8-13-7-11(10-19)5-6-18-13/h5-8,10H,9,17H2,1-4H3. The Hall–Kier alpha value is -1.50. The summed E-state index contributed by atoms with van der Waals surface area (Å²) in [6, 6.07) is 3.36. The second-order valence-corrected chi connectivity index (χ2v) is 6.14. The normalized spacial score (nSPS) is 20.6. The molecule has 1 aromatic heterocycles. The minimum Gasteiger partial charge on any atom is -0.400 e. The third kappa shape index (κ3) is 3.23. The van der Waals surface area contributed by atoms with Crippen LogP contribution in [0, 0.1) is 0 Å². The molecule has 1 fully saturated rings. The highest BCUT2D eigenvalue weighted by Gasteiger charge is 2.52. The fourth-order valence-corrected chi connectivity index (χ4v) is 2.03. The number of rotatable bonds is 4.